The average Bonchev–Trinajstić information content (AvgIpc) is 2.86. The number of hydrazine groups is 1. The first-order valence-electron chi connectivity index (χ1n) is 10.8. The van der Waals surface area contributed by atoms with E-state index in [4.69, 9.17) is 19.9 Å². The second-order valence-corrected chi connectivity index (χ2v) is 7.79. The van der Waals surface area contributed by atoms with Gasteiger partial charge >= 0.3 is 0 Å². The van der Waals surface area contributed by atoms with Gasteiger partial charge in [0.25, 0.3) is 17.7 Å². The first-order chi connectivity index (χ1) is 16.8. The van der Waals surface area contributed by atoms with E-state index in [1.807, 2.05) is 13.8 Å². The van der Waals surface area contributed by atoms with Crippen molar-refractivity contribution < 1.29 is 28.6 Å². The summed E-state index contributed by atoms with van der Waals surface area (Å²) in [5.74, 6) is -0.352. The van der Waals surface area contributed by atoms with Crippen LogP contribution in [0, 0.1) is 0 Å². The predicted molar refractivity (Wildman–Crippen MR) is 129 cm³/mol. The van der Waals surface area contributed by atoms with Crippen molar-refractivity contribution in [3.05, 3.63) is 89.0 Å². The van der Waals surface area contributed by atoms with Gasteiger partial charge in [-0.25, -0.2) is 0 Å². The molecule has 3 amide bonds. The maximum atomic E-state index is 12.6. The van der Waals surface area contributed by atoms with Gasteiger partial charge in [0.15, 0.2) is 11.5 Å². The summed E-state index contributed by atoms with van der Waals surface area (Å²) in [6.45, 7) is 3.88. The molecule has 0 aliphatic carbocycles. The Hall–Kier alpha value is -4.53. The molecule has 0 bridgehead atoms. The number of primary amides is 1. The zero-order valence-electron chi connectivity index (χ0n) is 19.7. The summed E-state index contributed by atoms with van der Waals surface area (Å²) < 4.78 is 16.6. The van der Waals surface area contributed by atoms with E-state index >= 15 is 0 Å². The fourth-order valence-corrected chi connectivity index (χ4v) is 3.18. The second kappa shape index (κ2) is 11.6. The minimum absolute atomic E-state index is 0.0538. The molecule has 0 aliphatic rings. The molecule has 0 saturated carbocycles. The molecule has 0 saturated heterocycles. The van der Waals surface area contributed by atoms with Crippen molar-refractivity contribution >= 4 is 17.7 Å². The maximum absolute atomic E-state index is 12.6. The zero-order valence-corrected chi connectivity index (χ0v) is 19.7. The number of hydrogen-bond acceptors (Lipinski definition) is 6. The van der Waals surface area contributed by atoms with Gasteiger partial charge in [0.1, 0.15) is 12.4 Å². The van der Waals surface area contributed by atoms with E-state index in [-0.39, 0.29) is 23.8 Å². The molecule has 9 heteroatoms. The van der Waals surface area contributed by atoms with Crippen LogP contribution < -0.4 is 30.8 Å². The van der Waals surface area contributed by atoms with Crippen molar-refractivity contribution in [2.45, 2.75) is 26.6 Å². The monoisotopic (exact) mass is 477 g/mol. The minimum Gasteiger partial charge on any atom is -0.493 e. The summed E-state index contributed by atoms with van der Waals surface area (Å²) in [5.41, 5.74) is 11.7. The molecule has 0 spiro atoms. The Morgan fingerprint density at radius 2 is 1.51 bits per heavy atom. The van der Waals surface area contributed by atoms with Crippen LogP contribution in [0.25, 0.3) is 0 Å². The quantitative estimate of drug-likeness (QED) is 0.406. The normalized spacial score (nSPS) is 10.4. The fourth-order valence-electron chi connectivity index (χ4n) is 3.18. The Bertz CT molecular complexity index is 1230. The molecular formula is C26H27N3O6. The molecular weight excluding hydrogens is 450 g/mol. The third kappa shape index (κ3) is 6.73. The van der Waals surface area contributed by atoms with Crippen LogP contribution in [-0.4, -0.2) is 30.9 Å². The number of carbonyl (C=O) groups excluding carboxylic acids is 3. The molecule has 0 atom stereocenters. The number of methoxy groups -OCH3 is 1. The van der Waals surface area contributed by atoms with E-state index in [2.05, 4.69) is 10.9 Å². The van der Waals surface area contributed by atoms with Crippen LogP contribution in [0.3, 0.4) is 0 Å². The molecule has 9 nitrogen and oxygen atoms in total. The molecule has 0 unspecified atom stereocenters. The highest BCUT2D eigenvalue weighted by Gasteiger charge is 2.14. The van der Waals surface area contributed by atoms with E-state index in [1.165, 1.54) is 13.2 Å². The largest absolute Gasteiger partial charge is 0.493 e. The molecule has 182 valence electrons. The number of benzene rings is 3. The molecule has 0 radical (unpaired) electrons. The molecule has 35 heavy (non-hydrogen) atoms. The van der Waals surface area contributed by atoms with Crippen LogP contribution >= 0.6 is 0 Å². The van der Waals surface area contributed by atoms with Crippen LogP contribution in [0.4, 0.5) is 0 Å². The summed E-state index contributed by atoms with van der Waals surface area (Å²) in [6.07, 6.45) is -0.0538. The Labute approximate surface area is 203 Å². The van der Waals surface area contributed by atoms with Crippen LogP contribution in [-0.2, 0) is 6.61 Å². The Morgan fingerprint density at radius 3 is 2.17 bits per heavy atom. The van der Waals surface area contributed by atoms with Gasteiger partial charge in [0, 0.05) is 11.1 Å². The second-order valence-electron chi connectivity index (χ2n) is 7.79. The number of hydrogen-bond donors (Lipinski definition) is 3. The highest BCUT2D eigenvalue weighted by Crippen LogP contribution is 2.29. The minimum atomic E-state index is -0.593. The third-order valence-electron chi connectivity index (χ3n) is 4.81. The lowest BCUT2D eigenvalue weighted by Gasteiger charge is -2.14. The van der Waals surface area contributed by atoms with E-state index in [0.717, 1.165) is 0 Å². The molecule has 0 aliphatic heterocycles. The number of amides is 3. The predicted octanol–water partition coefficient (Wildman–Crippen LogP) is 3.24. The molecule has 0 heterocycles. The van der Waals surface area contributed by atoms with Gasteiger partial charge in [0.2, 0.25) is 0 Å². The van der Waals surface area contributed by atoms with Crippen molar-refractivity contribution in [3.63, 3.8) is 0 Å². The Balaban J connectivity index is 1.61. The lowest BCUT2D eigenvalue weighted by Crippen LogP contribution is -2.41. The number of para-hydroxylation sites is 1. The topological polar surface area (TPSA) is 129 Å². The van der Waals surface area contributed by atoms with Crippen molar-refractivity contribution in [2.75, 3.05) is 7.11 Å². The van der Waals surface area contributed by atoms with Gasteiger partial charge in [-0.15, -0.1) is 0 Å². The third-order valence-corrected chi connectivity index (χ3v) is 4.81. The van der Waals surface area contributed by atoms with Gasteiger partial charge in [0.05, 0.1) is 18.8 Å². The lowest BCUT2D eigenvalue weighted by molar-refractivity contribution is 0.0846. The van der Waals surface area contributed by atoms with E-state index in [1.54, 1.807) is 60.7 Å². The first kappa shape index (κ1) is 25.1. The van der Waals surface area contributed by atoms with Gasteiger partial charge in [-0.05, 0) is 61.9 Å². The maximum Gasteiger partial charge on any atom is 0.269 e. The summed E-state index contributed by atoms with van der Waals surface area (Å²) in [7, 11) is 1.48. The summed E-state index contributed by atoms with van der Waals surface area (Å²) in [6, 6.07) is 18.1. The summed E-state index contributed by atoms with van der Waals surface area (Å²) >= 11 is 0. The van der Waals surface area contributed by atoms with Crippen LogP contribution in [0.15, 0.2) is 66.7 Å². The SMILES string of the molecule is COc1cc(C(=O)NNC(=O)c2cccc(COc3ccccc3C(N)=O)c2)ccc1OC(C)C. The number of nitrogens with two attached hydrogens (primary N) is 1. The molecule has 0 aromatic heterocycles. The molecule has 4 N–H and O–H groups in total. The standard InChI is InChI=1S/C26H27N3O6/c1-16(2)35-22-12-11-19(14-23(22)33-3)26(32)29-28-25(31)18-8-6-7-17(13-18)15-34-21-10-5-4-9-20(21)24(27)30/h4-14,16H,15H2,1-3H3,(H2,27,30)(H,28,31)(H,29,32). The number of ether oxygens (including phenoxy) is 3. The van der Waals surface area contributed by atoms with Crippen molar-refractivity contribution in [1.29, 1.82) is 0 Å². The van der Waals surface area contributed by atoms with E-state index in [9.17, 15) is 14.4 Å². The van der Waals surface area contributed by atoms with Gasteiger partial charge in [-0.1, -0.05) is 24.3 Å². The van der Waals surface area contributed by atoms with Crippen LogP contribution in [0.2, 0.25) is 0 Å². The average molecular weight is 478 g/mol. The fraction of sp³-hybridized carbons (Fsp3) is 0.192. The van der Waals surface area contributed by atoms with Gasteiger partial charge < -0.3 is 19.9 Å². The van der Waals surface area contributed by atoms with E-state index in [0.29, 0.717) is 28.4 Å². The zero-order chi connectivity index (χ0) is 25.4. The number of carbonyl (C=O) groups is 3. The highest BCUT2D eigenvalue weighted by molar-refractivity contribution is 5.99. The molecule has 3 aromatic rings. The Kier molecular flexibility index (Phi) is 8.29. The lowest BCUT2D eigenvalue weighted by atomic mass is 10.1. The van der Waals surface area contributed by atoms with Gasteiger partial charge in [-0.3, -0.25) is 25.2 Å². The van der Waals surface area contributed by atoms with Gasteiger partial charge in [-0.2, -0.15) is 0 Å². The Morgan fingerprint density at radius 1 is 0.829 bits per heavy atom. The molecule has 3 aromatic carbocycles. The summed E-state index contributed by atoms with van der Waals surface area (Å²) in [5, 5.41) is 0. The summed E-state index contributed by atoms with van der Waals surface area (Å²) in [4.78, 5) is 36.6. The first-order valence-corrected chi connectivity index (χ1v) is 10.8. The number of nitrogens with one attached hydrogen (secondary N) is 2. The molecule has 0 fully saturated rings. The van der Waals surface area contributed by atoms with Crippen molar-refractivity contribution in [1.82, 2.24) is 10.9 Å². The van der Waals surface area contributed by atoms with Crippen molar-refractivity contribution in [2.24, 2.45) is 5.73 Å². The number of rotatable bonds is 9. The molecule has 3 rings (SSSR count). The smallest absolute Gasteiger partial charge is 0.269 e. The van der Waals surface area contributed by atoms with Crippen LogP contribution in [0.5, 0.6) is 17.2 Å². The van der Waals surface area contributed by atoms with Crippen LogP contribution in [0.1, 0.15) is 50.5 Å². The van der Waals surface area contributed by atoms with E-state index < -0.39 is 17.7 Å². The van der Waals surface area contributed by atoms with Crippen molar-refractivity contribution in [3.8, 4) is 17.2 Å². The highest BCUT2D eigenvalue weighted by atomic mass is 16.5.